The Labute approximate surface area is 132 Å². The standard InChI is InChI=1S/C16H19BrN2O2/c1-2-4-19-10-13(9-18-19)15(20)8-12-7-14(17)6-11-3-5-21-16(11)12/h6-7,9-10,15,20H,2-5,8H2,1H3. The van der Waals surface area contributed by atoms with Gasteiger partial charge in [0.1, 0.15) is 5.75 Å². The van der Waals surface area contributed by atoms with Crippen molar-refractivity contribution in [3.8, 4) is 5.75 Å². The highest BCUT2D eigenvalue weighted by Crippen LogP contribution is 2.35. The van der Waals surface area contributed by atoms with Crippen LogP contribution in [-0.4, -0.2) is 21.5 Å². The van der Waals surface area contributed by atoms with Gasteiger partial charge in [-0.25, -0.2) is 0 Å². The van der Waals surface area contributed by atoms with E-state index in [0.29, 0.717) is 6.42 Å². The quantitative estimate of drug-likeness (QED) is 0.900. The highest BCUT2D eigenvalue weighted by molar-refractivity contribution is 9.10. The van der Waals surface area contributed by atoms with E-state index in [1.54, 1.807) is 6.20 Å². The van der Waals surface area contributed by atoms with Crippen LogP contribution in [0.4, 0.5) is 0 Å². The molecule has 0 aliphatic carbocycles. The summed E-state index contributed by atoms with van der Waals surface area (Å²) in [6.07, 6.45) is 5.63. The Kier molecular flexibility index (Phi) is 4.31. The van der Waals surface area contributed by atoms with Crippen LogP contribution in [0.15, 0.2) is 29.0 Å². The first-order valence-electron chi connectivity index (χ1n) is 7.32. The van der Waals surface area contributed by atoms with Crippen LogP contribution in [0, 0.1) is 0 Å². The highest BCUT2D eigenvalue weighted by atomic mass is 79.9. The fraction of sp³-hybridized carbons (Fsp3) is 0.438. The molecule has 1 aromatic heterocycles. The maximum Gasteiger partial charge on any atom is 0.125 e. The molecule has 2 aromatic rings. The molecular weight excluding hydrogens is 332 g/mol. The Balaban J connectivity index is 1.79. The Morgan fingerprint density at radius 1 is 1.48 bits per heavy atom. The van der Waals surface area contributed by atoms with E-state index in [1.807, 2.05) is 16.9 Å². The number of aryl methyl sites for hydroxylation is 1. The number of aliphatic hydroxyl groups is 1. The van der Waals surface area contributed by atoms with Gasteiger partial charge in [0.15, 0.2) is 0 Å². The summed E-state index contributed by atoms with van der Waals surface area (Å²) in [5, 5.41) is 14.7. The molecule has 0 saturated heterocycles. The third kappa shape index (κ3) is 3.14. The molecule has 1 atom stereocenters. The first kappa shape index (κ1) is 14.6. The maximum absolute atomic E-state index is 10.5. The summed E-state index contributed by atoms with van der Waals surface area (Å²) in [6, 6.07) is 4.13. The van der Waals surface area contributed by atoms with E-state index in [-0.39, 0.29) is 0 Å². The lowest BCUT2D eigenvalue weighted by molar-refractivity contribution is 0.177. The number of hydrogen-bond acceptors (Lipinski definition) is 3. The molecule has 0 spiro atoms. The predicted octanol–water partition coefficient (Wildman–Crippen LogP) is 3.27. The number of fused-ring (bicyclic) bond motifs is 1. The second-order valence-electron chi connectivity index (χ2n) is 5.41. The van der Waals surface area contributed by atoms with Crippen LogP contribution in [0.1, 0.15) is 36.1 Å². The number of nitrogens with zero attached hydrogens (tertiary/aromatic N) is 2. The van der Waals surface area contributed by atoms with Crippen LogP contribution >= 0.6 is 15.9 Å². The number of rotatable bonds is 5. The van der Waals surface area contributed by atoms with Crippen molar-refractivity contribution in [1.29, 1.82) is 0 Å². The molecule has 0 fully saturated rings. The summed E-state index contributed by atoms with van der Waals surface area (Å²) in [4.78, 5) is 0. The Morgan fingerprint density at radius 2 is 2.33 bits per heavy atom. The lowest BCUT2D eigenvalue weighted by Gasteiger charge is -2.12. The lowest BCUT2D eigenvalue weighted by Crippen LogP contribution is -2.03. The number of hydrogen-bond donors (Lipinski definition) is 1. The number of benzene rings is 1. The van der Waals surface area contributed by atoms with Crippen molar-refractivity contribution in [2.24, 2.45) is 0 Å². The van der Waals surface area contributed by atoms with Gasteiger partial charge in [0, 0.05) is 35.6 Å². The number of aliphatic hydroxyl groups excluding tert-OH is 1. The van der Waals surface area contributed by atoms with Gasteiger partial charge in [-0.3, -0.25) is 4.68 Å². The van der Waals surface area contributed by atoms with Crippen molar-refractivity contribution < 1.29 is 9.84 Å². The largest absolute Gasteiger partial charge is 0.493 e. The molecule has 3 rings (SSSR count). The van der Waals surface area contributed by atoms with Crippen LogP contribution in [0.25, 0.3) is 0 Å². The fourth-order valence-electron chi connectivity index (χ4n) is 2.73. The van der Waals surface area contributed by atoms with Crippen molar-refractivity contribution in [3.63, 3.8) is 0 Å². The van der Waals surface area contributed by atoms with E-state index in [0.717, 1.165) is 47.3 Å². The van der Waals surface area contributed by atoms with E-state index in [1.165, 1.54) is 5.56 Å². The van der Waals surface area contributed by atoms with Crippen molar-refractivity contribution in [1.82, 2.24) is 9.78 Å². The van der Waals surface area contributed by atoms with Crippen molar-refractivity contribution >= 4 is 15.9 Å². The van der Waals surface area contributed by atoms with Crippen LogP contribution in [0.2, 0.25) is 0 Å². The lowest BCUT2D eigenvalue weighted by atomic mass is 10.0. The number of halogens is 1. The third-order valence-corrected chi connectivity index (χ3v) is 4.19. The van der Waals surface area contributed by atoms with Gasteiger partial charge in [-0.05, 0) is 29.7 Å². The zero-order valence-corrected chi connectivity index (χ0v) is 13.6. The molecule has 0 amide bonds. The molecule has 1 aliphatic heterocycles. The van der Waals surface area contributed by atoms with Gasteiger partial charge in [-0.15, -0.1) is 0 Å². The SMILES string of the molecule is CCCn1cc(C(O)Cc2cc(Br)cc3c2OCC3)cn1. The summed E-state index contributed by atoms with van der Waals surface area (Å²) < 4.78 is 8.63. The number of ether oxygens (including phenoxy) is 1. The summed E-state index contributed by atoms with van der Waals surface area (Å²) >= 11 is 3.53. The zero-order valence-electron chi connectivity index (χ0n) is 12.1. The molecule has 112 valence electrons. The minimum Gasteiger partial charge on any atom is -0.493 e. The Hall–Kier alpha value is -1.33. The summed E-state index contributed by atoms with van der Waals surface area (Å²) in [6.45, 7) is 3.71. The van der Waals surface area contributed by atoms with Gasteiger partial charge in [0.2, 0.25) is 0 Å². The average Bonchev–Trinajstić information content (AvgIpc) is 3.07. The second kappa shape index (κ2) is 6.20. The smallest absolute Gasteiger partial charge is 0.125 e. The van der Waals surface area contributed by atoms with E-state index in [4.69, 9.17) is 4.74 Å². The van der Waals surface area contributed by atoms with E-state index in [9.17, 15) is 5.11 Å². The van der Waals surface area contributed by atoms with Gasteiger partial charge < -0.3 is 9.84 Å². The molecule has 1 N–H and O–H groups in total. The Bertz CT molecular complexity index is 639. The van der Waals surface area contributed by atoms with Crippen molar-refractivity contribution in [3.05, 3.63) is 45.7 Å². The maximum atomic E-state index is 10.5. The molecule has 4 nitrogen and oxygen atoms in total. The highest BCUT2D eigenvalue weighted by Gasteiger charge is 2.20. The fourth-order valence-corrected chi connectivity index (χ4v) is 3.28. The third-order valence-electron chi connectivity index (χ3n) is 3.73. The minimum absolute atomic E-state index is 0.541. The molecule has 1 aliphatic rings. The van der Waals surface area contributed by atoms with E-state index < -0.39 is 6.10 Å². The van der Waals surface area contributed by atoms with Gasteiger partial charge in [-0.2, -0.15) is 5.10 Å². The predicted molar refractivity (Wildman–Crippen MR) is 84.5 cm³/mol. The van der Waals surface area contributed by atoms with E-state index >= 15 is 0 Å². The topological polar surface area (TPSA) is 47.3 Å². The average molecular weight is 351 g/mol. The molecule has 2 heterocycles. The summed E-state index contributed by atoms with van der Waals surface area (Å²) in [5.41, 5.74) is 3.12. The first-order valence-corrected chi connectivity index (χ1v) is 8.11. The van der Waals surface area contributed by atoms with Crippen molar-refractivity contribution in [2.75, 3.05) is 6.61 Å². The van der Waals surface area contributed by atoms with Crippen molar-refractivity contribution in [2.45, 2.75) is 38.8 Å². The molecule has 5 heteroatoms. The van der Waals surface area contributed by atoms with Crippen LogP contribution in [0.5, 0.6) is 5.75 Å². The van der Waals surface area contributed by atoms with Crippen LogP contribution in [-0.2, 0) is 19.4 Å². The van der Waals surface area contributed by atoms with Gasteiger partial charge in [-0.1, -0.05) is 22.9 Å². The van der Waals surface area contributed by atoms with Crippen LogP contribution in [0.3, 0.4) is 0 Å². The molecular formula is C16H19BrN2O2. The normalized spacial score (nSPS) is 14.8. The molecule has 1 unspecified atom stereocenters. The summed E-state index contributed by atoms with van der Waals surface area (Å²) in [5.74, 6) is 0.943. The summed E-state index contributed by atoms with van der Waals surface area (Å²) in [7, 11) is 0. The monoisotopic (exact) mass is 350 g/mol. The minimum atomic E-state index is -0.557. The molecule has 1 aromatic carbocycles. The van der Waals surface area contributed by atoms with E-state index in [2.05, 4.69) is 34.0 Å². The zero-order chi connectivity index (χ0) is 14.8. The Morgan fingerprint density at radius 3 is 3.14 bits per heavy atom. The van der Waals surface area contributed by atoms with Gasteiger partial charge >= 0.3 is 0 Å². The van der Waals surface area contributed by atoms with Crippen LogP contribution < -0.4 is 4.74 Å². The molecule has 21 heavy (non-hydrogen) atoms. The first-order chi connectivity index (χ1) is 10.2. The molecule has 0 saturated carbocycles. The molecule has 0 bridgehead atoms. The molecule has 0 radical (unpaired) electrons. The second-order valence-corrected chi connectivity index (χ2v) is 6.32. The van der Waals surface area contributed by atoms with Gasteiger partial charge in [0.05, 0.1) is 18.9 Å². The number of aromatic nitrogens is 2. The van der Waals surface area contributed by atoms with Gasteiger partial charge in [0.25, 0.3) is 0 Å².